The van der Waals surface area contributed by atoms with Crippen LogP contribution < -0.4 is 0 Å². The van der Waals surface area contributed by atoms with Crippen LogP contribution in [0.15, 0.2) is 34.9 Å². The summed E-state index contributed by atoms with van der Waals surface area (Å²) < 4.78 is 5.42. The third-order valence-electron chi connectivity index (χ3n) is 5.59. The largest absolute Gasteiger partial charge is 0.339 e. The fraction of sp³-hybridized carbons (Fsp3) is 0.619. The van der Waals surface area contributed by atoms with E-state index in [0.717, 1.165) is 50.2 Å². The first-order valence-corrected chi connectivity index (χ1v) is 9.97. The topological polar surface area (TPSA) is 45.4 Å². The molecule has 0 radical (unpaired) electrons. The van der Waals surface area contributed by atoms with Gasteiger partial charge in [0.25, 0.3) is 0 Å². The molecule has 5 nitrogen and oxygen atoms in total. The van der Waals surface area contributed by atoms with E-state index >= 15 is 0 Å². The predicted molar refractivity (Wildman–Crippen MR) is 101 cm³/mol. The molecule has 140 valence electrons. The van der Waals surface area contributed by atoms with Crippen molar-refractivity contribution in [2.75, 3.05) is 19.6 Å². The van der Waals surface area contributed by atoms with E-state index in [4.69, 9.17) is 4.52 Å². The molecule has 2 atom stereocenters. The standard InChI is InChI=1S/C21H30N4O/c1-16(2)10-21-22-20(23-26-21)15-24-11-18-8-9-19(14-24)25(13-18)12-17-6-4-3-5-7-17/h3-7,16,18-19H,8-15H2,1-2H3/t18-,19+/m1/s1. The van der Waals surface area contributed by atoms with E-state index in [-0.39, 0.29) is 0 Å². The Balaban J connectivity index is 1.39. The highest BCUT2D eigenvalue weighted by Gasteiger charge is 2.35. The highest BCUT2D eigenvalue weighted by Crippen LogP contribution is 2.29. The van der Waals surface area contributed by atoms with Gasteiger partial charge in [0.05, 0.1) is 6.54 Å². The maximum Gasteiger partial charge on any atom is 0.226 e. The summed E-state index contributed by atoms with van der Waals surface area (Å²) in [7, 11) is 0. The molecule has 5 rings (SSSR count). The molecule has 1 aromatic carbocycles. The van der Waals surface area contributed by atoms with Crippen LogP contribution >= 0.6 is 0 Å². The van der Waals surface area contributed by atoms with Crippen LogP contribution in [0.2, 0.25) is 0 Å². The lowest BCUT2D eigenvalue weighted by atomic mass is 9.94. The average molecular weight is 354 g/mol. The van der Waals surface area contributed by atoms with E-state index in [9.17, 15) is 0 Å². The Bertz CT molecular complexity index is 699. The maximum absolute atomic E-state index is 5.42. The number of fused-ring (bicyclic) bond motifs is 4. The van der Waals surface area contributed by atoms with Gasteiger partial charge in [-0.2, -0.15) is 4.98 Å². The van der Waals surface area contributed by atoms with Crippen molar-refractivity contribution in [3.05, 3.63) is 47.6 Å². The summed E-state index contributed by atoms with van der Waals surface area (Å²) in [6.07, 6.45) is 3.51. The van der Waals surface area contributed by atoms with Gasteiger partial charge in [-0.15, -0.1) is 0 Å². The first-order chi connectivity index (χ1) is 12.7. The molecule has 0 N–H and O–H groups in total. The van der Waals surface area contributed by atoms with Crippen molar-refractivity contribution in [3.63, 3.8) is 0 Å². The van der Waals surface area contributed by atoms with Gasteiger partial charge in [0.1, 0.15) is 0 Å². The Kier molecular flexibility index (Phi) is 5.36. The Morgan fingerprint density at radius 3 is 2.73 bits per heavy atom. The second kappa shape index (κ2) is 7.89. The lowest BCUT2D eigenvalue weighted by Crippen LogP contribution is -2.43. The van der Waals surface area contributed by atoms with Crippen LogP contribution in [0.25, 0.3) is 0 Å². The van der Waals surface area contributed by atoms with E-state index in [2.05, 4.69) is 64.1 Å². The Morgan fingerprint density at radius 2 is 1.92 bits per heavy atom. The van der Waals surface area contributed by atoms with E-state index in [0.29, 0.717) is 12.0 Å². The summed E-state index contributed by atoms with van der Waals surface area (Å²) in [5, 5.41) is 4.21. The van der Waals surface area contributed by atoms with Gasteiger partial charge in [0.15, 0.2) is 5.82 Å². The number of hydrogen-bond donors (Lipinski definition) is 0. The van der Waals surface area contributed by atoms with Crippen LogP contribution in [0.4, 0.5) is 0 Å². The van der Waals surface area contributed by atoms with Crippen LogP contribution in [0.5, 0.6) is 0 Å². The fourth-order valence-electron chi connectivity index (χ4n) is 4.40. The van der Waals surface area contributed by atoms with E-state index in [1.165, 1.54) is 24.9 Å². The molecule has 0 saturated carbocycles. The van der Waals surface area contributed by atoms with Crippen molar-refractivity contribution in [1.82, 2.24) is 19.9 Å². The number of benzene rings is 1. The van der Waals surface area contributed by atoms with Gasteiger partial charge >= 0.3 is 0 Å². The summed E-state index contributed by atoms with van der Waals surface area (Å²) in [4.78, 5) is 9.82. The van der Waals surface area contributed by atoms with E-state index in [1.807, 2.05) is 0 Å². The van der Waals surface area contributed by atoms with Crippen molar-refractivity contribution >= 4 is 0 Å². The smallest absolute Gasteiger partial charge is 0.226 e. The lowest BCUT2D eigenvalue weighted by Gasteiger charge is -2.36. The second-order valence-corrected chi connectivity index (χ2v) is 8.41. The van der Waals surface area contributed by atoms with Crippen LogP contribution in [0.3, 0.4) is 0 Å². The lowest BCUT2D eigenvalue weighted by molar-refractivity contribution is 0.123. The Morgan fingerprint density at radius 1 is 1.08 bits per heavy atom. The molecule has 3 fully saturated rings. The predicted octanol–water partition coefficient (Wildman–Crippen LogP) is 3.36. The van der Waals surface area contributed by atoms with Crippen molar-refractivity contribution in [2.45, 2.75) is 52.2 Å². The summed E-state index contributed by atoms with van der Waals surface area (Å²) in [5.41, 5.74) is 1.42. The summed E-state index contributed by atoms with van der Waals surface area (Å²) in [6, 6.07) is 11.5. The number of piperidine rings is 1. The molecule has 4 heterocycles. The Hall–Kier alpha value is -1.72. The molecule has 3 aliphatic heterocycles. The van der Waals surface area contributed by atoms with Gasteiger partial charge in [-0.3, -0.25) is 9.80 Å². The molecular weight excluding hydrogens is 324 g/mol. The number of hydrogen-bond acceptors (Lipinski definition) is 5. The summed E-state index contributed by atoms with van der Waals surface area (Å²) >= 11 is 0. The SMILES string of the molecule is CC(C)Cc1nc(CN2C[C@H]3CC[C@@H](C2)N(Cc2ccccc2)C3)no1. The zero-order valence-electron chi connectivity index (χ0n) is 16.0. The molecule has 1 aromatic heterocycles. The van der Waals surface area contributed by atoms with Crippen molar-refractivity contribution < 1.29 is 4.52 Å². The van der Waals surface area contributed by atoms with Gasteiger partial charge in [-0.05, 0) is 30.2 Å². The quantitative estimate of drug-likeness (QED) is 0.796. The van der Waals surface area contributed by atoms with E-state index in [1.54, 1.807) is 0 Å². The number of aromatic nitrogens is 2. The Labute approximate surface area is 156 Å². The molecule has 0 aliphatic carbocycles. The van der Waals surface area contributed by atoms with Gasteiger partial charge in [-0.1, -0.05) is 49.3 Å². The normalized spacial score (nSPS) is 24.3. The molecular formula is C21H30N4O. The van der Waals surface area contributed by atoms with Crippen LogP contribution in [-0.2, 0) is 19.5 Å². The number of nitrogens with zero attached hydrogens (tertiary/aromatic N) is 4. The van der Waals surface area contributed by atoms with E-state index < -0.39 is 0 Å². The third-order valence-corrected chi connectivity index (χ3v) is 5.59. The van der Waals surface area contributed by atoms with Crippen LogP contribution in [0.1, 0.15) is 44.0 Å². The zero-order valence-corrected chi connectivity index (χ0v) is 16.0. The minimum Gasteiger partial charge on any atom is -0.339 e. The molecule has 3 aliphatic rings. The molecule has 0 amide bonds. The van der Waals surface area contributed by atoms with Gasteiger partial charge in [0.2, 0.25) is 5.89 Å². The molecule has 5 heteroatoms. The zero-order chi connectivity index (χ0) is 17.9. The molecule has 2 aromatic rings. The van der Waals surface area contributed by atoms with Gasteiger partial charge in [-0.25, -0.2) is 0 Å². The van der Waals surface area contributed by atoms with Crippen molar-refractivity contribution in [2.24, 2.45) is 11.8 Å². The molecule has 2 bridgehead atoms. The first kappa shape index (κ1) is 17.7. The summed E-state index contributed by atoms with van der Waals surface area (Å²) in [6.45, 7) is 9.70. The average Bonchev–Trinajstić information content (AvgIpc) is 2.85. The number of rotatable bonds is 6. The molecule has 26 heavy (non-hydrogen) atoms. The maximum atomic E-state index is 5.42. The van der Waals surface area contributed by atoms with Gasteiger partial charge < -0.3 is 4.52 Å². The first-order valence-electron chi connectivity index (χ1n) is 9.97. The van der Waals surface area contributed by atoms with Gasteiger partial charge in [0, 0.05) is 38.6 Å². The molecule has 0 unspecified atom stereocenters. The van der Waals surface area contributed by atoms with Crippen molar-refractivity contribution in [1.29, 1.82) is 0 Å². The molecule has 3 saturated heterocycles. The minimum absolute atomic E-state index is 0.545. The highest BCUT2D eigenvalue weighted by molar-refractivity contribution is 5.15. The monoisotopic (exact) mass is 354 g/mol. The second-order valence-electron chi connectivity index (χ2n) is 8.41. The van der Waals surface area contributed by atoms with Crippen LogP contribution in [0, 0.1) is 11.8 Å². The third kappa shape index (κ3) is 4.33. The van der Waals surface area contributed by atoms with Crippen molar-refractivity contribution in [3.8, 4) is 0 Å². The van der Waals surface area contributed by atoms with Crippen LogP contribution in [-0.4, -0.2) is 45.6 Å². The minimum atomic E-state index is 0.545. The summed E-state index contributed by atoms with van der Waals surface area (Å²) in [5.74, 6) is 2.92. The fourth-order valence-corrected chi connectivity index (χ4v) is 4.40. The molecule has 0 spiro atoms. The highest BCUT2D eigenvalue weighted by atomic mass is 16.5.